The summed E-state index contributed by atoms with van der Waals surface area (Å²) in [6.07, 6.45) is 3.23. The SMILES string of the molecule is C=N/C(C=O)=C\N=C(/C)OC[C@H](C)N1CC[C@@H](C)C1. The average molecular weight is 265 g/mol. The van der Waals surface area contributed by atoms with Gasteiger partial charge in [-0.3, -0.25) is 14.7 Å². The molecule has 1 rings (SSSR count). The van der Waals surface area contributed by atoms with E-state index >= 15 is 0 Å². The van der Waals surface area contributed by atoms with Gasteiger partial charge in [0.1, 0.15) is 12.3 Å². The van der Waals surface area contributed by atoms with Crippen molar-refractivity contribution in [2.75, 3.05) is 19.7 Å². The highest BCUT2D eigenvalue weighted by atomic mass is 16.5. The molecule has 0 N–H and O–H groups in total. The Bertz CT molecular complexity index is 367. The molecule has 0 bridgehead atoms. The van der Waals surface area contributed by atoms with Gasteiger partial charge in [-0.05, 0) is 32.5 Å². The van der Waals surface area contributed by atoms with E-state index in [9.17, 15) is 4.79 Å². The van der Waals surface area contributed by atoms with E-state index in [0.717, 1.165) is 19.0 Å². The molecule has 0 spiro atoms. The smallest absolute Gasteiger partial charge is 0.184 e. The lowest BCUT2D eigenvalue weighted by atomic mass is 10.2. The van der Waals surface area contributed by atoms with Gasteiger partial charge in [-0.2, -0.15) is 0 Å². The number of aliphatic imine (C=N–C) groups is 2. The number of likely N-dealkylation sites (tertiary alicyclic amines) is 1. The number of hydrogen-bond donors (Lipinski definition) is 0. The van der Waals surface area contributed by atoms with Crippen molar-refractivity contribution in [3.63, 3.8) is 0 Å². The lowest BCUT2D eigenvalue weighted by molar-refractivity contribution is -0.104. The zero-order valence-electron chi connectivity index (χ0n) is 12.0. The third kappa shape index (κ3) is 5.34. The number of carbonyl (C=O) groups excluding carboxylic acids is 1. The van der Waals surface area contributed by atoms with Gasteiger partial charge in [0, 0.05) is 19.5 Å². The van der Waals surface area contributed by atoms with Crippen LogP contribution >= 0.6 is 0 Å². The summed E-state index contributed by atoms with van der Waals surface area (Å²) in [5.41, 5.74) is 0.198. The molecule has 0 aliphatic carbocycles. The molecular formula is C14H23N3O2. The molecule has 1 aliphatic rings. The van der Waals surface area contributed by atoms with Gasteiger partial charge in [-0.25, -0.2) is 4.99 Å². The largest absolute Gasteiger partial charge is 0.479 e. The van der Waals surface area contributed by atoms with Crippen molar-refractivity contribution in [1.29, 1.82) is 0 Å². The van der Waals surface area contributed by atoms with Gasteiger partial charge in [-0.1, -0.05) is 6.92 Å². The van der Waals surface area contributed by atoms with Crippen LogP contribution < -0.4 is 0 Å². The molecule has 0 radical (unpaired) electrons. The first-order valence-corrected chi connectivity index (χ1v) is 6.60. The number of carbonyl (C=O) groups is 1. The van der Waals surface area contributed by atoms with Gasteiger partial charge < -0.3 is 4.74 Å². The quantitative estimate of drug-likeness (QED) is 0.319. The summed E-state index contributed by atoms with van der Waals surface area (Å²) >= 11 is 0. The van der Waals surface area contributed by atoms with Crippen molar-refractivity contribution < 1.29 is 9.53 Å². The Labute approximate surface area is 115 Å². The molecule has 0 unspecified atom stereocenters. The summed E-state index contributed by atoms with van der Waals surface area (Å²) in [4.78, 5) is 20.5. The fraction of sp³-hybridized carbons (Fsp3) is 0.643. The number of ether oxygens (including phenoxy) is 1. The topological polar surface area (TPSA) is 54.3 Å². The summed E-state index contributed by atoms with van der Waals surface area (Å²) in [7, 11) is 0. The lowest BCUT2D eigenvalue weighted by Gasteiger charge is -2.23. The summed E-state index contributed by atoms with van der Waals surface area (Å²) in [6.45, 7) is 12.3. The lowest BCUT2D eigenvalue weighted by Crippen LogP contribution is -2.34. The van der Waals surface area contributed by atoms with E-state index < -0.39 is 0 Å². The molecule has 0 saturated carbocycles. The second kappa shape index (κ2) is 7.84. The Morgan fingerprint density at radius 2 is 2.37 bits per heavy atom. The summed E-state index contributed by atoms with van der Waals surface area (Å²) in [6, 6.07) is 0.377. The van der Waals surface area contributed by atoms with Crippen molar-refractivity contribution in [3.05, 3.63) is 11.9 Å². The standard InChI is InChI=1S/C14H23N3O2/c1-11-5-6-17(8-11)12(2)10-19-13(3)16-7-14(9-18)15-4/h7,9,11-12H,4-6,8,10H2,1-3H3/b14-7-,16-13+/t11-,12+/m1/s1. The van der Waals surface area contributed by atoms with Crippen LogP contribution in [0.5, 0.6) is 0 Å². The maximum Gasteiger partial charge on any atom is 0.184 e. The first kappa shape index (κ1) is 15.6. The number of hydrogen-bond acceptors (Lipinski definition) is 5. The van der Waals surface area contributed by atoms with Crippen molar-refractivity contribution in [1.82, 2.24) is 4.90 Å². The van der Waals surface area contributed by atoms with Gasteiger partial charge in [0.2, 0.25) is 0 Å². The fourth-order valence-corrected chi connectivity index (χ4v) is 2.02. The van der Waals surface area contributed by atoms with E-state index in [2.05, 4.69) is 35.4 Å². The van der Waals surface area contributed by atoms with Crippen molar-refractivity contribution in [2.45, 2.75) is 33.2 Å². The van der Waals surface area contributed by atoms with Crippen LogP contribution in [0.3, 0.4) is 0 Å². The highest BCUT2D eigenvalue weighted by Crippen LogP contribution is 2.17. The molecule has 1 fully saturated rings. The molecule has 0 aromatic heterocycles. The summed E-state index contributed by atoms with van der Waals surface area (Å²) < 4.78 is 5.58. The van der Waals surface area contributed by atoms with Crippen molar-refractivity contribution in [3.8, 4) is 0 Å². The predicted octanol–water partition coefficient (Wildman–Crippen LogP) is 1.89. The van der Waals surface area contributed by atoms with Crippen LogP contribution in [0.25, 0.3) is 0 Å². The minimum atomic E-state index is 0.198. The molecular weight excluding hydrogens is 242 g/mol. The van der Waals surface area contributed by atoms with Crippen molar-refractivity contribution >= 4 is 18.9 Å². The van der Waals surface area contributed by atoms with Crippen LogP contribution in [-0.2, 0) is 9.53 Å². The Morgan fingerprint density at radius 3 is 2.89 bits per heavy atom. The Hall–Kier alpha value is -1.49. The molecule has 0 aromatic carbocycles. The number of aldehydes is 1. The maximum atomic E-state index is 10.5. The van der Waals surface area contributed by atoms with E-state index in [4.69, 9.17) is 4.74 Å². The van der Waals surface area contributed by atoms with Crippen LogP contribution in [0.4, 0.5) is 0 Å². The molecule has 1 aliphatic heterocycles. The molecule has 2 atom stereocenters. The number of rotatable bonds is 6. The minimum Gasteiger partial charge on any atom is -0.479 e. The molecule has 0 aromatic rings. The van der Waals surface area contributed by atoms with Crippen LogP contribution in [0.1, 0.15) is 27.2 Å². The second-order valence-corrected chi connectivity index (χ2v) is 5.03. The van der Waals surface area contributed by atoms with Crippen LogP contribution in [-0.4, -0.2) is 49.5 Å². The van der Waals surface area contributed by atoms with Gasteiger partial charge in [0.25, 0.3) is 0 Å². The first-order chi connectivity index (χ1) is 9.06. The molecule has 1 heterocycles. The molecule has 5 heteroatoms. The Kier molecular flexibility index (Phi) is 6.42. The Balaban J connectivity index is 2.39. The van der Waals surface area contributed by atoms with E-state index in [-0.39, 0.29) is 5.70 Å². The Morgan fingerprint density at radius 1 is 1.63 bits per heavy atom. The number of nitrogens with zero attached hydrogens (tertiary/aromatic N) is 3. The van der Waals surface area contributed by atoms with Crippen LogP contribution in [0, 0.1) is 5.92 Å². The molecule has 106 valence electrons. The van der Waals surface area contributed by atoms with Gasteiger partial charge >= 0.3 is 0 Å². The van der Waals surface area contributed by atoms with E-state index in [0.29, 0.717) is 24.8 Å². The van der Waals surface area contributed by atoms with Gasteiger partial charge in [-0.15, -0.1) is 0 Å². The monoisotopic (exact) mass is 265 g/mol. The van der Waals surface area contributed by atoms with Crippen LogP contribution in [0.2, 0.25) is 0 Å². The van der Waals surface area contributed by atoms with Gasteiger partial charge in [0.05, 0.1) is 6.20 Å². The third-order valence-corrected chi connectivity index (χ3v) is 3.29. The summed E-state index contributed by atoms with van der Waals surface area (Å²) in [5, 5.41) is 0. The highest BCUT2D eigenvalue weighted by molar-refractivity contribution is 5.77. The predicted molar refractivity (Wildman–Crippen MR) is 77.6 cm³/mol. The van der Waals surface area contributed by atoms with E-state index in [1.54, 1.807) is 6.92 Å². The van der Waals surface area contributed by atoms with Crippen LogP contribution in [0.15, 0.2) is 21.9 Å². The highest BCUT2D eigenvalue weighted by Gasteiger charge is 2.23. The molecule has 19 heavy (non-hydrogen) atoms. The van der Waals surface area contributed by atoms with E-state index in [1.807, 2.05) is 0 Å². The molecule has 0 amide bonds. The van der Waals surface area contributed by atoms with Crippen molar-refractivity contribution in [2.24, 2.45) is 15.9 Å². The minimum absolute atomic E-state index is 0.198. The average Bonchev–Trinajstić information content (AvgIpc) is 2.84. The fourth-order valence-electron chi connectivity index (χ4n) is 2.02. The molecule has 1 saturated heterocycles. The zero-order valence-corrected chi connectivity index (χ0v) is 12.0. The van der Waals surface area contributed by atoms with Gasteiger partial charge in [0.15, 0.2) is 12.2 Å². The van der Waals surface area contributed by atoms with E-state index in [1.165, 1.54) is 12.6 Å². The zero-order chi connectivity index (χ0) is 14.3. The normalized spacial score (nSPS) is 23.2. The second-order valence-electron chi connectivity index (χ2n) is 5.03. The maximum absolute atomic E-state index is 10.5. The molecule has 5 nitrogen and oxygen atoms in total. The third-order valence-electron chi connectivity index (χ3n) is 3.29. The summed E-state index contributed by atoms with van der Waals surface area (Å²) in [5.74, 6) is 1.30. The first-order valence-electron chi connectivity index (χ1n) is 6.60. The number of allylic oxidation sites excluding steroid dienone is 1.